The smallest absolute Gasteiger partial charge is 0.237 e. The number of amides is 1. The van der Waals surface area contributed by atoms with E-state index in [2.05, 4.69) is 22.4 Å². The predicted molar refractivity (Wildman–Crippen MR) is 107 cm³/mol. The number of nitrogens with zero attached hydrogens (tertiary/aromatic N) is 2. The second-order valence-corrected chi connectivity index (χ2v) is 6.97. The Morgan fingerprint density at radius 2 is 1.85 bits per heavy atom. The number of carbonyl (C=O) groups is 1. The summed E-state index contributed by atoms with van der Waals surface area (Å²) in [7, 11) is 0. The van der Waals surface area contributed by atoms with Crippen LogP contribution in [0.4, 0.5) is 0 Å². The molecule has 3 aromatic rings. The summed E-state index contributed by atoms with van der Waals surface area (Å²) in [4.78, 5) is 16.8. The van der Waals surface area contributed by atoms with Gasteiger partial charge in [0, 0.05) is 19.2 Å². The molecule has 0 aliphatic heterocycles. The van der Waals surface area contributed by atoms with Crippen molar-refractivity contribution >= 4 is 5.91 Å². The lowest BCUT2D eigenvalue weighted by Gasteiger charge is -2.17. The fraction of sp³-hybridized carbons (Fsp3) is 0.273. The number of aryl methyl sites for hydroxylation is 1. The molecule has 0 aliphatic carbocycles. The lowest BCUT2D eigenvalue weighted by atomic mass is 10.1. The third-order valence-corrected chi connectivity index (χ3v) is 4.60. The normalized spacial score (nSPS) is 13.1. The van der Waals surface area contributed by atoms with E-state index in [1.165, 1.54) is 11.1 Å². The van der Waals surface area contributed by atoms with Crippen molar-refractivity contribution < 1.29 is 4.79 Å². The minimum atomic E-state index is -0.627. The Bertz CT molecular complexity index is 871. The highest BCUT2D eigenvalue weighted by Gasteiger charge is 2.18. The zero-order chi connectivity index (χ0) is 19.2. The standard InChI is InChI=1S/C22H26N4O/c1-16-8-10-19(11-9-16)17(2)25-22(27)21(23)12-20-14-26(15-24-20)13-18-6-4-3-5-7-18/h3-11,14-15,17,21H,12-13,23H2,1-2H3,(H,25,27)/t17?,21-/m0/s1. The molecule has 27 heavy (non-hydrogen) atoms. The molecule has 0 saturated carbocycles. The Morgan fingerprint density at radius 3 is 2.56 bits per heavy atom. The number of nitrogens with one attached hydrogen (secondary N) is 1. The van der Waals surface area contributed by atoms with E-state index in [0.717, 1.165) is 17.8 Å². The molecule has 1 amide bonds. The molecule has 3 rings (SSSR count). The van der Waals surface area contributed by atoms with Crippen molar-refractivity contribution in [1.29, 1.82) is 0 Å². The van der Waals surface area contributed by atoms with Crippen LogP contribution in [0.15, 0.2) is 67.1 Å². The van der Waals surface area contributed by atoms with E-state index in [1.54, 1.807) is 6.33 Å². The number of benzene rings is 2. The Labute approximate surface area is 160 Å². The molecule has 0 radical (unpaired) electrons. The van der Waals surface area contributed by atoms with Gasteiger partial charge in [0.1, 0.15) is 0 Å². The molecule has 0 aliphatic rings. The third kappa shape index (κ3) is 5.28. The van der Waals surface area contributed by atoms with Gasteiger partial charge in [-0.25, -0.2) is 4.98 Å². The number of hydrogen-bond donors (Lipinski definition) is 2. The van der Waals surface area contributed by atoms with Crippen LogP contribution in [0.1, 0.15) is 35.3 Å². The monoisotopic (exact) mass is 362 g/mol. The highest BCUT2D eigenvalue weighted by atomic mass is 16.2. The first-order valence-corrected chi connectivity index (χ1v) is 9.18. The minimum absolute atomic E-state index is 0.0835. The summed E-state index contributed by atoms with van der Waals surface area (Å²) in [5, 5.41) is 2.98. The van der Waals surface area contributed by atoms with Crippen LogP contribution in [0, 0.1) is 6.92 Å². The zero-order valence-electron chi connectivity index (χ0n) is 15.8. The molecule has 1 aromatic heterocycles. The van der Waals surface area contributed by atoms with Crippen molar-refractivity contribution in [1.82, 2.24) is 14.9 Å². The summed E-state index contributed by atoms with van der Waals surface area (Å²) in [5.74, 6) is -0.166. The van der Waals surface area contributed by atoms with Gasteiger partial charge in [-0.15, -0.1) is 0 Å². The fourth-order valence-electron chi connectivity index (χ4n) is 2.97. The maximum atomic E-state index is 12.4. The number of rotatable bonds is 7. The molecule has 5 heteroatoms. The lowest BCUT2D eigenvalue weighted by molar-refractivity contribution is -0.123. The summed E-state index contributed by atoms with van der Waals surface area (Å²) in [6.07, 6.45) is 4.14. The molecule has 1 heterocycles. The van der Waals surface area contributed by atoms with Crippen molar-refractivity contribution in [3.05, 3.63) is 89.5 Å². The van der Waals surface area contributed by atoms with Crippen LogP contribution in [-0.4, -0.2) is 21.5 Å². The summed E-state index contributed by atoms with van der Waals surface area (Å²) in [6.45, 7) is 4.75. The third-order valence-electron chi connectivity index (χ3n) is 4.60. The van der Waals surface area contributed by atoms with Gasteiger partial charge in [-0.1, -0.05) is 60.2 Å². The Morgan fingerprint density at radius 1 is 1.15 bits per heavy atom. The van der Waals surface area contributed by atoms with Gasteiger partial charge < -0.3 is 15.6 Å². The van der Waals surface area contributed by atoms with E-state index < -0.39 is 6.04 Å². The van der Waals surface area contributed by atoms with Crippen LogP contribution in [0.3, 0.4) is 0 Å². The van der Waals surface area contributed by atoms with Crippen molar-refractivity contribution in [2.75, 3.05) is 0 Å². The first-order valence-electron chi connectivity index (χ1n) is 9.18. The number of hydrogen-bond acceptors (Lipinski definition) is 3. The summed E-state index contributed by atoms with van der Waals surface area (Å²) < 4.78 is 2.00. The Hall–Kier alpha value is -2.92. The molecule has 5 nitrogen and oxygen atoms in total. The number of aromatic nitrogens is 2. The number of carbonyl (C=O) groups excluding carboxylic acids is 1. The van der Waals surface area contributed by atoms with Crippen molar-refractivity contribution in [3.63, 3.8) is 0 Å². The van der Waals surface area contributed by atoms with Crippen LogP contribution < -0.4 is 11.1 Å². The maximum absolute atomic E-state index is 12.4. The number of imidazole rings is 1. The molecule has 2 aromatic carbocycles. The average molecular weight is 362 g/mol. The predicted octanol–water partition coefficient (Wildman–Crippen LogP) is 2.99. The van der Waals surface area contributed by atoms with E-state index in [4.69, 9.17) is 5.73 Å². The number of nitrogens with two attached hydrogens (primary N) is 1. The van der Waals surface area contributed by atoms with Gasteiger partial charge in [0.05, 0.1) is 24.1 Å². The first kappa shape index (κ1) is 18.9. The average Bonchev–Trinajstić information content (AvgIpc) is 3.09. The molecule has 1 unspecified atom stereocenters. The zero-order valence-corrected chi connectivity index (χ0v) is 15.8. The first-order chi connectivity index (χ1) is 13.0. The van der Waals surface area contributed by atoms with Gasteiger partial charge in [-0.05, 0) is 25.0 Å². The summed E-state index contributed by atoms with van der Waals surface area (Å²) in [6, 6.07) is 17.6. The van der Waals surface area contributed by atoms with Gasteiger partial charge in [0.25, 0.3) is 0 Å². The van der Waals surface area contributed by atoms with Crippen molar-refractivity contribution in [2.24, 2.45) is 5.73 Å². The van der Waals surface area contributed by atoms with Gasteiger partial charge in [0.2, 0.25) is 5.91 Å². The van der Waals surface area contributed by atoms with Gasteiger partial charge >= 0.3 is 0 Å². The summed E-state index contributed by atoms with van der Waals surface area (Å²) >= 11 is 0. The largest absolute Gasteiger partial charge is 0.348 e. The fourth-order valence-corrected chi connectivity index (χ4v) is 2.97. The molecule has 3 N–H and O–H groups in total. The van der Waals surface area contributed by atoms with Crippen LogP contribution in [0.5, 0.6) is 0 Å². The van der Waals surface area contributed by atoms with E-state index in [0.29, 0.717) is 6.42 Å². The maximum Gasteiger partial charge on any atom is 0.237 e. The molecule has 0 saturated heterocycles. The van der Waals surface area contributed by atoms with Crippen molar-refractivity contribution in [2.45, 2.75) is 38.9 Å². The van der Waals surface area contributed by atoms with Gasteiger partial charge in [-0.3, -0.25) is 4.79 Å². The van der Waals surface area contributed by atoms with E-state index in [-0.39, 0.29) is 11.9 Å². The topological polar surface area (TPSA) is 72.9 Å². The van der Waals surface area contributed by atoms with Crippen LogP contribution in [0.25, 0.3) is 0 Å². The minimum Gasteiger partial charge on any atom is -0.348 e. The van der Waals surface area contributed by atoms with Crippen LogP contribution in [0.2, 0.25) is 0 Å². The molecule has 0 bridgehead atoms. The highest BCUT2D eigenvalue weighted by molar-refractivity contribution is 5.82. The Kier molecular flexibility index (Phi) is 6.04. The molecule has 0 fully saturated rings. The SMILES string of the molecule is Cc1ccc(C(C)NC(=O)[C@@H](N)Cc2cn(Cc3ccccc3)cn2)cc1. The van der Waals surface area contributed by atoms with E-state index >= 15 is 0 Å². The Balaban J connectivity index is 1.54. The van der Waals surface area contributed by atoms with Crippen molar-refractivity contribution in [3.8, 4) is 0 Å². The van der Waals surface area contributed by atoms with Gasteiger partial charge in [-0.2, -0.15) is 0 Å². The molecule has 2 atom stereocenters. The molecular formula is C22H26N4O. The van der Waals surface area contributed by atoms with Crippen LogP contribution >= 0.6 is 0 Å². The molecule has 140 valence electrons. The second kappa shape index (κ2) is 8.64. The van der Waals surface area contributed by atoms with Gasteiger partial charge in [0.15, 0.2) is 0 Å². The molecule has 0 spiro atoms. The van der Waals surface area contributed by atoms with E-state index in [1.807, 2.05) is 67.1 Å². The van der Waals surface area contributed by atoms with Crippen LogP contribution in [-0.2, 0) is 17.8 Å². The molecular weight excluding hydrogens is 336 g/mol. The summed E-state index contributed by atoms with van der Waals surface area (Å²) in [5.41, 5.74) is 10.4. The quantitative estimate of drug-likeness (QED) is 0.679. The second-order valence-electron chi connectivity index (χ2n) is 6.97. The van der Waals surface area contributed by atoms with E-state index in [9.17, 15) is 4.79 Å². The lowest BCUT2D eigenvalue weighted by Crippen LogP contribution is -2.43. The highest BCUT2D eigenvalue weighted by Crippen LogP contribution is 2.13.